The molecule has 16 heavy (non-hydrogen) atoms. The molecular weight excluding hydrogens is 200 g/mol. The molecule has 0 amide bonds. The summed E-state index contributed by atoms with van der Waals surface area (Å²) in [6, 6.07) is 8.36. The van der Waals surface area contributed by atoms with E-state index in [0.717, 1.165) is 24.0 Å². The lowest BCUT2D eigenvalue weighted by Gasteiger charge is -2.11. The van der Waals surface area contributed by atoms with E-state index in [9.17, 15) is 0 Å². The molecular formula is C12H14N4. The molecule has 0 saturated heterocycles. The van der Waals surface area contributed by atoms with Gasteiger partial charge in [-0.15, -0.1) is 0 Å². The summed E-state index contributed by atoms with van der Waals surface area (Å²) in [5, 5.41) is 8.54. The van der Waals surface area contributed by atoms with Gasteiger partial charge in [0.1, 0.15) is 0 Å². The number of hydrogen-bond acceptors (Lipinski definition) is 3. The van der Waals surface area contributed by atoms with Gasteiger partial charge in [0.2, 0.25) is 0 Å². The molecule has 4 nitrogen and oxygen atoms in total. The van der Waals surface area contributed by atoms with E-state index < -0.39 is 0 Å². The number of benzene rings is 1. The van der Waals surface area contributed by atoms with E-state index >= 15 is 0 Å². The molecule has 2 aromatic rings. The summed E-state index contributed by atoms with van der Waals surface area (Å²) in [6.07, 6.45) is 2.66. The normalized spacial score (nSPS) is 10.8. The number of hydrogen-bond donors (Lipinski definition) is 1. The van der Waals surface area contributed by atoms with Crippen molar-refractivity contribution in [3.05, 3.63) is 30.1 Å². The van der Waals surface area contributed by atoms with Crippen molar-refractivity contribution in [2.75, 3.05) is 20.1 Å². The summed E-state index contributed by atoms with van der Waals surface area (Å²) >= 11 is 0. The number of nitrogens with zero attached hydrogens (tertiary/aromatic N) is 3. The Morgan fingerprint density at radius 2 is 2.38 bits per heavy atom. The van der Waals surface area contributed by atoms with E-state index in [0.29, 0.717) is 6.54 Å². The van der Waals surface area contributed by atoms with Crippen molar-refractivity contribution in [3.8, 4) is 6.07 Å². The van der Waals surface area contributed by atoms with Gasteiger partial charge in [-0.05, 0) is 31.2 Å². The Hall–Kier alpha value is -1.86. The lowest BCUT2D eigenvalue weighted by atomic mass is 10.1. The van der Waals surface area contributed by atoms with Crippen molar-refractivity contribution in [1.29, 1.82) is 5.26 Å². The Morgan fingerprint density at radius 3 is 3.19 bits per heavy atom. The van der Waals surface area contributed by atoms with Gasteiger partial charge in [0, 0.05) is 6.54 Å². The summed E-state index contributed by atoms with van der Waals surface area (Å²) in [6.45, 7) is 1.37. The maximum atomic E-state index is 8.54. The zero-order valence-electron chi connectivity index (χ0n) is 9.27. The first-order valence-electron chi connectivity index (χ1n) is 5.27. The number of likely N-dealkylation sites (N-methyl/N-ethyl adjacent to an activating group) is 1. The standard InChI is InChI=1S/C12H14N4/c1-16(7-5-13)6-4-10-2-3-11-12(8-10)15-9-14-11/h2-3,8-9H,4,6-7H2,1H3,(H,14,15). The third-order valence-corrected chi connectivity index (χ3v) is 2.61. The fourth-order valence-electron chi connectivity index (χ4n) is 1.66. The third-order valence-electron chi connectivity index (χ3n) is 2.61. The van der Waals surface area contributed by atoms with Crippen LogP contribution in [0, 0.1) is 11.3 Å². The van der Waals surface area contributed by atoms with Crippen LogP contribution in [0.3, 0.4) is 0 Å². The van der Waals surface area contributed by atoms with Crippen molar-refractivity contribution in [2.24, 2.45) is 0 Å². The molecule has 0 spiro atoms. The van der Waals surface area contributed by atoms with E-state index in [4.69, 9.17) is 5.26 Å². The average Bonchev–Trinajstić information content (AvgIpc) is 2.74. The van der Waals surface area contributed by atoms with Crippen molar-refractivity contribution >= 4 is 11.0 Å². The fourth-order valence-corrected chi connectivity index (χ4v) is 1.66. The second kappa shape index (κ2) is 4.77. The van der Waals surface area contributed by atoms with Crippen LogP contribution in [0.2, 0.25) is 0 Å². The largest absolute Gasteiger partial charge is 0.345 e. The number of imidazole rings is 1. The molecule has 0 atom stereocenters. The van der Waals surface area contributed by atoms with Gasteiger partial charge in [-0.2, -0.15) is 5.26 Å². The van der Waals surface area contributed by atoms with Gasteiger partial charge in [0.25, 0.3) is 0 Å². The summed E-state index contributed by atoms with van der Waals surface area (Å²) in [5.41, 5.74) is 3.33. The molecule has 82 valence electrons. The first-order valence-corrected chi connectivity index (χ1v) is 5.27. The van der Waals surface area contributed by atoms with Crippen LogP contribution in [0.4, 0.5) is 0 Å². The molecule has 0 fully saturated rings. The Labute approximate surface area is 94.5 Å². The van der Waals surface area contributed by atoms with Crippen LogP contribution >= 0.6 is 0 Å². The monoisotopic (exact) mass is 214 g/mol. The Balaban J connectivity index is 2.01. The maximum absolute atomic E-state index is 8.54. The van der Waals surface area contributed by atoms with Crippen LogP contribution in [0.15, 0.2) is 24.5 Å². The van der Waals surface area contributed by atoms with Crippen LogP contribution in [0.1, 0.15) is 5.56 Å². The van der Waals surface area contributed by atoms with Gasteiger partial charge in [0.15, 0.2) is 0 Å². The Kier molecular flexibility index (Phi) is 3.18. The number of nitriles is 1. The van der Waals surface area contributed by atoms with E-state index in [1.54, 1.807) is 6.33 Å². The van der Waals surface area contributed by atoms with Gasteiger partial charge in [0.05, 0.1) is 30.0 Å². The summed E-state index contributed by atoms with van der Waals surface area (Å²) < 4.78 is 0. The van der Waals surface area contributed by atoms with Gasteiger partial charge in [-0.25, -0.2) is 4.98 Å². The minimum absolute atomic E-state index is 0.478. The van der Waals surface area contributed by atoms with Gasteiger partial charge in [-0.3, -0.25) is 4.90 Å². The average molecular weight is 214 g/mol. The summed E-state index contributed by atoms with van der Waals surface area (Å²) in [4.78, 5) is 9.28. The molecule has 1 heterocycles. The molecule has 0 aliphatic rings. The molecule has 0 radical (unpaired) electrons. The Bertz CT molecular complexity index is 509. The predicted octanol–water partition coefficient (Wildman–Crippen LogP) is 1.56. The number of H-pyrrole nitrogens is 1. The van der Waals surface area contributed by atoms with Gasteiger partial charge < -0.3 is 4.98 Å². The second-order valence-corrected chi connectivity index (χ2v) is 3.90. The molecule has 1 aromatic heterocycles. The van der Waals surface area contributed by atoms with E-state index in [1.807, 2.05) is 18.0 Å². The zero-order valence-corrected chi connectivity index (χ0v) is 9.27. The number of fused-ring (bicyclic) bond motifs is 1. The maximum Gasteiger partial charge on any atom is 0.0931 e. The first-order chi connectivity index (χ1) is 7.79. The van der Waals surface area contributed by atoms with Crippen molar-refractivity contribution in [1.82, 2.24) is 14.9 Å². The molecule has 0 saturated carbocycles. The molecule has 1 N–H and O–H groups in total. The molecule has 2 rings (SSSR count). The van der Waals surface area contributed by atoms with E-state index in [1.165, 1.54) is 5.56 Å². The minimum atomic E-state index is 0.478. The number of aromatic nitrogens is 2. The van der Waals surface area contributed by atoms with Crippen LogP contribution in [-0.4, -0.2) is 35.0 Å². The van der Waals surface area contributed by atoms with Crippen LogP contribution < -0.4 is 0 Å². The topological polar surface area (TPSA) is 55.7 Å². The number of aromatic amines is 1. The highest BCUT2D eigenvalue weighted by atomic mass is 15.1. The lowest BCUT2D eigenvalue weighted by molar-refractivity contribution is 0.379. The van der Waals surface area contributed by atoms with Crippen LogP contribution in [0.25, 0.3) is 11.0 Å². The first kappa shape index (κ1) is 10.7. The van der Waals surface area contributed by atoms with Gasteiger partial charge in [-0.1, -0.05) is 6.07 Å². The second-order valence-electron chi connectivity index (χ2n) is 3.90. The number of nitrogens with one attached hydrogen (secondary N) is 1. The fraction of sp³-hybridized carbons (Fsp3) is 0.333. The van der Waals surface area contributed by atoms with E-state index in [-0.39, 0.29) is 0 Å². The molecule has 0 aliphatic heterocycles. The van der Waals surface area contributed by atoms with Gasteiger partial charge >= 0.3 is 0 Å². The zero-order chi connectivity index (χ0) is 11.4. The minimum Gasteiger partial charge on any atom is -0.345 e. The highest BCUT2D eigenvalue weighted by Crippen LogP contribution is 2.12. The third kappa shape index (κ3) is 2.38. The SMILES string of the molecule is CN(CC#N)CCc1ccc2nc[nH]c2c1. The van der Waals surface area contributed by atoms with Crippen molar-refractivity contribution in [3.63, 3.8) is 0 Å². The summed E-state index contributed by atoms with van der Waals surface area (Å²) in [5.74, 6) is 0. The van der Waals surface area contributed by atoms with Crippen molar-refractivity contribution < 1.29 is 0 Å². The quantitative estimate of drug-likeness (QED) is 0.786. The highest BCUT2D eigenvalue weighted by molar-refractivity contribution is 5.75. The smallest absolute Gasteiger partial charge is 0.0931 e. The lowest BCUT2D eigenvalue weighted by Crippen LogP contribution is -2.21. The molecule has 1 aromatic carbocycles. The molecule has 4 heteroatoms. The number of rotatable bonds is 4. The molecule has 0 bridgehead atoms. The van der Waals surface area contributed by atoms with Crippen molar-refractivity contribution in [2.45, 2.75) is 6.42 Å². The predicted molar refractivity (Wildman–Crippen MR) is 62.9 cm³/mol. The van der Waals surface area contributed by atoms with Crippen LogP contribution in [-0.2, 0) is 6.42 Å². The summed E-state index contributed by atoms with van der Waals surface area (Å²) in [7, 11) is 1.96. The Morgan fingerprint density at radius 1 is 1.50 bits per heavy atom. The van der Waals surface area contributed by atoms with Crippen LogP contribution in [0.5, 0.6) is 0 Å². The molecule has 0 aliphatic carbocycles. The van der Waals surface area contributed by atoms with E-state index in [2.05, 4.69) is 28.2 Å². The molecule has 0 unspecified atom stereocenters. The highest BCUT2D eigenvalue weighted by Gasteiger charge is 2.01.